The highest BCUT2D eigenvalue weighted by Gasteiger charge is 2.18. The summed E-state index contributed by atoms with van der Waals surface area (Å²) < 4.78 is 7.60. The van der Waals surface area contributed by atoms with Crippen molar-refractivity contribution in [3.05, 3.63) is 75.5 Å². The maximum absolute atomic E-state index is 12.6. The van der Waals surface area contributed by atoms with Gasteiger partial charge in [0.1, 0.15) is 22.8 Å². The molecule has 0 unspecified atom stereocenters. The third-order valence-electron chi connectivity index (χ3n) is 4.85. The lowest BCUT2D eigenvalue weighted by molar-refractivity contribution is 0.102. The van der Waals surface area contributed by atoms with E-state index in [0.29, 0.717) is 22.2 Å². The normalized spacial score (nSPS) is 11.3. The number of hydrogen-bond acceptors (Lipinski definition) is 5. The summed E-state index contributed by atoms with van der Waals surface area (Å²) in [5.74, 6) is 1.06. The summed E-state index contributed by atoms with van der Waals surface area (Å²) in [6.07, 6.45) is 3.19. The van der Waals surface area contributed by atoms with Gasteiger partial charge in [0.25, 0.3) is 0 Å². The highest BCUT2D eigenvalue weighted by atomic mass is 35.5. The molecule has 0 aliphatic carbocycles. The minimum absolute atomic E-state index is 0.0373. The zero-order chi connectivity index (χ0) is 20.5. The van der Waals surface area contributed by atoms with Crippen molar-refractivity contribution in [3.8, 4) is 0 Å². The van der Waals surface area contributed by atoms with Gasteiger partial charge in [-0.15, -0.1) is 0 Å². The average Bonchev–Trinajstić information content (AvgIpc) is 3.31. The summed E-state index contributed by atoms with van der Waals surface area (Å²) in [6.45, 7) is 4.69. The van der Waals surface area contributed by atoms with Crippen molar-refractivity contribution >= 4 is 51.8 Å². The van der Waals surface area contributed by atoms with E-state index in [1.165, 1.54) is 18.1 Å². The number of aromatic nitrogens is 3. The number of halogens is 2. The Labute approximate surface area is 182 Å². The van der Waals surface area contributed by atoms with Gasteiger partial charge >= 0.3 is 0 Å². The number of aryl methyl sites for hydroxylation is 1. The van der Waals surface area contributed by atoms with Crippen LogP contribution in [0.1, 0.15) is 27.4 Å². The van der Waals surface area contributed by atoms with Crippen LogP contribution in [0.25, 0.3) is 11.0 Å². The predicted molar refractivity (Wildman–Crippen MR) is 116 cm³/mol. The van der Waals surface area contributed by atoms with Gasteiger partial charge in [0.15, 0.2) is 5.78 Å². The zero-order valence-electron chi connectivity index (χ0n) is 15.8. The number of carbonyl (C=O) groups excluding carboxylic acids is 1. The van der Waals surface area contributed by atoms with Crippen molar-refractivity contribution in [1.82, 2.24) is 14.5 Å². The number of benzene rings is 1. The lowest BCUT2D eigenvalue weighted by Gasteiger charge is -2.06. The first-order chi connectivity index (χ1) is 14.0. The van der Waals surface area contributed by atoms with Gasteiger partial charge in [-0.3, -0.25) is 4.79 Å². The summed E-state index contributed by atoms with van der Waals surface area (Å²) in [7, 11) is 0. The van der Waals surface area contributed by atoms with Crippen molar-refractivity contribution < 1.29 is 9.21 Å². The second-order valence-electron chi connectivity index (χ2n) is 6.59. The third-order valence-corrected chi connectivity index (χ3v) is 6.57. The van der Waals surface area contributed by atoms with E-state index in [-0.39, 0.29) is 11.5 Å². The molecule has 8 heteroatoms. The monoisotopic (exact) mass is 445 g/mol. The van der Waals surface area contributed by atoms with Gasteiger partial charge in [-0.25, -0.2) is 9.97 Å². The van der Waals surface area contributed by atoms with Crippen LogP contribution in [0.3, 0.4) is 0 Å². The Hall–Kier alpha value is -2.28. The number of thioether (sulfide) groups is 1. The molecule has 0 spiro atoms. The molecule has 0 aliphatic rings. The Morgan fingerprint density at radius 3 is 2.72 bits per heavy atom. The largest absolute Gasteiger partial charge is 0.467 e. The molecule has 5 nitrogen and oxygen atoms in total. The molecule has 1 aromatic carbocycles. The van der Waals surface area contributed by atoms with E-state index < -0.39 is 0 Å². The van der Waals surface area contributed by atoms with Gasteiger partial charge in [-0.1, -0.05) is 35.0 Å². The van der Waals surface area contributed by atoms with Crippen LogP contribution in [0.4, 0.5) is 0 Å². The molecule has 0 amide bonds. The Morgan fingerprint density at radius 1 is 1.17 bits per heavy atom. The second kappa shape index (κ2) is 8.22. The molecule has 3 heterocycles. The summed E-state index contributed by atoms with van der Waals surface area (Å²) in [4.78, 5) is 21.5. The molecule has 0 atom stereocenters. The fourth-order valence-corrected chi connectivity index (χ4v) is 4.43. The summed E-state index contributed by atoms with van der Waals surface area (Å²) >= 11 is 13.4. The number of furan rings is 1. The molecule has 0 saturated carbocycles. The average molecular weight is 446 g/mol. The fourth-order valence-electron chi connectivity index (χ4n) is 3.18. The van der Waals surface area contributed by atoms with Gasteiger partial charge in [0.2, 0.25) is 0 Å². The van der Waals surface area contributed by atoms with E-state index >= 15 is 0 Å². The van der Waals surface area contributed by atoms with Crippen LogP contribution in [0.2, 0.25) is 10.0 Å². The first-order valence-corrected chi connectivity index (χ1v) is 10.6. The third kappa shape index (κ3) is 3.92. The molecule has 0 aliphatic heterocycles. The highest BCUT2D eigenvalue weighted by molar-refractivity contribution is 8.00. The predicted octanol–water partition coefficient (Wildman–Crippen LogP) is 5.97. The summed E-state index contributed by atoms with van der Waals surface area (Å²) in [5, 5.41) is 2.54. The second-order valence-corrected chi connectivity index (χ2v) is 8.37. The molecule has 4 aromatic rings. The summed E-state index contributed by atoms with van der Waals surface area (Å²) in [6, 6.07) is 8.72. The number of fused-ring (bicyclic) bond motifs is 1. The van der Waals surface area contributed by atoms with Gasteiger partial charge in [0, 0.05) is 11.3 Å². The number of Topliss-reactive ketones (excluding diaryl/α,β-unsaturated/α-hetero) is 1. The van der Waals surface area contributed by atoms with Crippen molar-refractivity contribution in [3.63, 3.8) is 0 Å². The molecule has 4 rings (SSSR count). The molecular weight excluding hydrogens is 429 g/mol. The van der Waals surface area contributed by atoms with Gasteiger partial charge in [-0.05, 0) is 49.7 Å². The smallest absolute Gasteiger partial charge is 0.173 e. The van der Waals surface area contributed by atoms with E-state index in [0.717, 1.165) is 33.1 Å². The van der Waals surface area contributed by atoms with E-state index in [2.05, 4.69) is 21.5 Å². The number of nitrogens with zero attached hydrogens (tertiary/aromatic N) is 3. The van der Waals surface area contributed by atoms with Crippen molar-refractivity contribution in [1.29, 1.82) is 0 Å². The van der Waals surface area contributed by atoms with Gasteiger partial charge in [-0.2, -0.15) is 0 Å². The van der Waals surface area contributed by atoms with Crippen molar-refractivity contribution in [2.45, 2.75) is 25.4 Å². The standard InChI is InChI=1S/C21H17Cl2N3O2S/c1-12-13(2)26(9-15-4-3-7-28-15)20-19(12)21(25-11-24-20)29-10-18(27)14-5-6-16(22)17(23)8-14/h3-8,11H,9-10H2,1-2H3. The molecule has 29 heavy (non-hydrogen) atoms. The minimum atomic E-state index is -0.0373. The lowest BCUT2D eigenvalue weighted by Crippen LogP contribution is -2.03. The Morgan fingerprint density at radius 2 is 2.00 bits per heavy atom. The van der Waals surface area contributed by atoms with E-state index in [1.54, 1.807) is 24.5 Å². The topological polar surface area (TPSA) is 60.9 Å². The Kier molecular flexibility index (Phi) is 5.67. The molecule has 3 aromatic heterocycles. The van der Waals surface area contributed by atoms with E-state index in [9.17, 15) is 4.79 Å². The van der Waals surface area contributed by atoms with Gasteiger partial charge in [0.05, 0.1) is 34.0 Å². The van der Waals surface area contributed by atoms with Crippen molar-refractivity contribution in [2.75, 3.05) is 5.75 Å². The van der Waals surface area contributed by atoms with Crippen LogP contribution >= 0.6 is 35.0 Å². The van der Waals surface area contributed by atoms with Crippen LogP contribution in [0, 0.1) is 13.8 Å². The molecule has 0 saturated heterocycles. The maximum Gasteiger partial charge on any atom is 0.173 e. The molecule has 148 valence electrons. The summed E-state index contributed by atoms with van der Waals surface area (Å²) in [5.41, 5.74) is 3.54. The SMILES string of the molecule is Cc1c(C)n(Cc2ccco2)c2ncnc(SCC(=O)c3ccc(Cl)c(Cl)c3)c12. The van der Waals surface area contributed by atoms with Crippen LogP contribution in [-0.4, -0.2) is 26.1 Å². The fraction of sp³-hybridized carbons (Fsp3) is 0.190. The first kappa shape index (κ1) is 20.0. The zero-order valence-corrected chi connectivity index (χ0v) is 18.1. The first-order valence-electron chi connectivity index (χ1n) is 8.89. The molecular formula is C21H17Cl2N3O2S. The number of rotatable bonds is 6. The molecule has 0 radical (unpaired) electrons. The Balaban J connectivity index is 1.62. The molecule has 0 bridgehead atoms. The number of ketones is 1. The molecule has 0 fully saturated rings. The van der Waals surface area contributed by atoms with Crippen molar-refractivity contribution in [2.24, 2.45) is 0 Å². The number of carbonyl (C=O) groups is 1. The van der Waals surface area contributed by atoms with Crippen LogP contribution in [0.5, 0.6) is 0 Å². The van der Waals surface area contributed by atoms with Crippen LogP contribution in [-0.2, 0) is 6.54 Å². The Bertz CT molecular complexity index is 1200. The highest BCUT2D eigenvalue weighted by Crippen LogP contribution is 2.32. The van der Waals surface area contributed by atoms with E-state index in [4.69, 9.17) is 27.6 Å². The van der Waals surface area contributed by atoms with E-state index in [1.807, 2.05) is 19.1 Å². The van der Waals surface area contributed by atoms with Crippen LogP contribution in [0.15, 0.2) is 52.4 Å². The quantitative estimate of drug-likeness (QED) is 0.207. The maximum atomic E-state index is 12.6. The lowest BCUT2D eigenvalue weighted by atomic mass is 10.1. The number of hydrogen-bond donors (Lipinski definition) is 0. The van der Waals surface area contributed by atoms with Gasteiger partial charge < -0.3 is 8.98 Å². The van der Waals surface area contributed by atoms with Crippen LogP contribution < -0.4 is 0 Å². The minimum Gasteiger partial charge on any atom is -0.467 e. The molecule has 0 N–H and O–H groups in total.